The Morgan fingerprint density at radius 2 is 2.27 bits per heavy atom. The number of thioether (sulfide) groups is 1. The molecule has 15 heavy (non-hydrogen) atoms. The number of aliphatic hydroxyl groups is 1. The fourth-order valence-corrected chi connectivity index (χ4v) is 3.68. The minimum Gasteiger partial charge on any atom is -0.393 e. The van der Waals surface area contributed by atoms with Gasteiger partial charge in [0.15, 0.2) is 0 Å². The molecule has 2 aliphatic heterocycles. The normalized spacial score (nSPS) is 26.7. The van der Waals surface area contributed by atoms with E-state index in [2.05, 4.69) is 11.9 Å². The smallest absolute Gasteiger partial charge is 0.225 e. The van der Waals surface area contributed by atoms with E-state index in [0.29, 0.717) is 0 Å². The molecule has 1 spiro atoms. The summed E-state index contributed by atoms with van der Waals surface area (Å²) in [5, 5.41) is 9.14. The second kappa shape index (κ2) is 3.96. The molecule has 4 nitrogen and oxygen atoms in total. The van der Waals surface area contributed by atoms with Crippen LogP contribution in [0, 0.1) is 0 Å². The van der Waals surface area contributed by atoms with E-state index in [1.165, 1.54) is 0 Å². The number of carbonyl (C=O) groups is 1. The predicted molar refractivity (Wildman–Crippen MR) is 60.7 cm³/mol. The van der Waals surface area contributed by atoms with Crippen molar-refractivity contribution in [2.75, 3.05) is 32.4 Å². The summed E-state index contributed by atoms with van der Waals surface area (Å²) in [4.78, 5) is 16.0. The number of hydrogen-bond acceptors (Lipinski definition) is 4. The lowest BCUT2D eigenvalue weighted by molar-refractivity contribution is -0.141. The molecule has 1 N–H and O–H groups in total. The van der Waals surface area contributed by atoms with Gasteiger partial charge < -0.3 is 10.0 Å². The van der Waals surface area contributed by atoms with Crippen LogP contribution >= 0.6 is 11.8 Å². The van der Waals surface area contributed by atoms with Gasteiger partial charge in [-0.05, 0) is 14.0 Å². The second-order valence-corrected chi connectivity index (χ2v) is 5.98. The quantitative estimate of drug-likeness (QED) is 0.724. The van der Waals surface area contributed by atoms with Gasteiger partial charge in [0, 0.05) is 12.3 Å². The van der Waals surface area contributed by atoms with Gasteiger partial charge in [-0.25, -0.2) is 0 Å². The van der Waals surface area contributed by atoms with E-state index in [4.69, 9.17) is 5.11 Å². The molecule has 0 bridgehead atoms. The molecule has 1 atom stereocenters. The van der Waals surface area contributed by atoms with Crippen molar-refractivity contribution in [2.45, 2.75) is 24.3 Å². The minimum atomic E-state index is -0.525. The van der Waals surface area contributed by atoms with Crippen LogP contribution in [0.15, 0.2) is 0 Å². The van der Waals surface area contributed by atoms with Crippen LogP contribution < -0.4 is 0 Å². The molecule has 0 unspecified atom stereocenters. The molecule has 0 aromatic heterocycles. The zero-order chi connectivity index (χ0) is 11.1. The second-order valence-electron chi connectivity index (χ2n) is 4.52. The highest BCUT2D eigenvalue weighted by Gasteiger charge is 2.50. The van der Waals surface area contributed by atoms with Crippen molar-refractivity contribution in [3.05, 3.63) is 0 Å². The molecular formula is C10H18N2O2S. The monoisotopic (exact) mass is 230 g/mol. The van der Waals surface area contributed by atoms with Crippen LogP contribution in [0.1, 0.15) is 13.3 Å². The van der Waals surface area contributed by atoms with Gasteiger partial charge in [0.25, 0.3) is 0 Å². The van der Waals surface area contributed by atoms with Crippen LogP contribution in [-0.2, 0) is 4.79 Å². The van der Waals surface area contributed by atoms with Gasteiger partial charge in [0.05, 0.1) is 25.6 Å². The Bertz CT molecular complexity index is 264. The maximum Gasteiger partial charge on any atom is 0.225 e. The summed E-state index contributed by atoms with van der Waals surface area (Å²) in [6.45, 7) is 4.41. The van der Waals surface area contributed by atoms with Crippen LogP contribution in [0.25, 0.3) is 0 Å². The molecule has 5 heteroatoms. The topological polar surface area (TPSA) is 43.8 Å². The molecular weight excluding hydrogens is 212 g/mol. The van der Waals surface area contributed by atoms with E-state index in [-0.39, 0.29) is 17.2 Å². The van der Waals surface area contributed by atoms with E-state index < -0.39 is 6.10 Å². The zero-order valence-electron chi connectivity index (χ0n) is 9.27. The van der Waals surface area contributed by atoms with Gasteiger partial charge in [-0.1, -0.05) is 0 Å². The van der Waals surface area contributed by atoms with E-state index in [9.17, 15) is 4.79 Å². The van der Waals surface area contributed by atoms with Crippen molar-refractivity contribution in [2.24, 2.45) is 0 Å². The average Bonchev–Trinajstić information content (AvgIpc) is 2.42. The molecule has 0 radical (unpaired) electrons. The lowest BCUT2D eigenvalue weighted by atomic mass is 10.1. The highest BCUT2D eigenvalue weighted by atomic mass is 32.2. The summed E-state index contributed by atoms with van der Waals surface area (Å²) in [6, 6.07) is 0. The summed E-state index contributed by atoms with van der Waals surface area (Å²) in [6.07, 6.45) is -0.271. The van der Waals surface area contributed by atoms with Crippen molar-refractivity contribution in [3.8, 4) is 0 Å². The molecule has 1 amide bonds. The number of likely N-dealkylation sites (tertiary alicyclic amines) is 1. The average molecular weight is 230 g/mol. The number of likely N-dealkylation sites (N-methyl/N-ethyl adjacent to an activating group) is 1. The largest absolute Gasteiger partial charge is 0.393 e. The molecule has 2 fully saturated rings. The van der Waals surface area contributed by atoms with Gasteiger partial charge in [0.1, 0.15) is 4.87 Å². The third-order valence-corrected chi connectivity index (χ3v) is 4.69. The Balaban J connectivity index is 1.84. The van der Waals surface area contributed by atoms with Gasteiger partial charge in [0.2, 0.25) is 5.91 Å². The standard InChI is InChI=1S/C10H18N2O2S/c1-8(13)5-9(14)12-6-10(7-12)11(2)3-4-15-10/h8,13H,3-7H2,1-2H3/t8-/m1/s1. The van der Waals surface area contributed by atoms with Crippen molar-refractivity contribution in [1.29, 1.82) is 0 Å². The number of nitrogens with zero attached hydrogens (tertiary/aromatic N) is 2. The number of rotatable bonds is 2. The molecule has 2 rings (SSSR count). The maximum absolute atomic E-state index is 11.6. The number of aliphatic hydroxyl groups excluding tert-OH is 1. The Labute approximate surface area is 94.6 Å². The molecule has 86 valence electrons. The van der Waals surface area contributed by atoms with Gasteiger partial charge in [-0.2, -0.15) is 0 Å². The summed E-state index contributed by atoms with van der Waals surface area (Å²) < 4.78 is 0. The predicted octanol–water partition coefficient (Wildman–Crippen LogP) is -0.0256. The zero-order valence-corrected chi connectivity index (χ0v) is 10.1. The Kier molecular flexibility index (Phi) is 2.96. The lowest BCUT2D eigenvalue weighted by Crippen LogP contribution is -2.66. The molecule has 0 aliphatic carbocycles. The number of carbonyl (C=O) groups excluding carboxylic acids is 1. The van der Waals surface area contributed by atoms with Crippen LogP contribution in [0.2, 0.25) is 0 Å². The number of amides is 1. The highest BCUT2D eigenvalue weighted by molar-refractivity contribution is 8.01. The Hall–Kier alpha value is -0.260. The molecule has 2 aliphatic rings. The minimum absolute atomic E-state index is 0.0801. The fraction of sp³-hybridized carbons (Fsp3) is 0.900. The van der Waals surface area contributed by atoms with E-state index in [1.807, 2.05) is 16.7 Å². The lowest BCUT2D eigenvalue weighted by Gasteiger charge is -2.51. The molecule has 0 aromatic rings. The van der Waals surface area contributed by atoms with Gasteiger partial charge in [-0.3, -0.25) is 9.69 Å². The first kappa shape index (κ1) is 11.2. The highest BCUT2D eigenvalue weighted by Crippen LogP contribution is 2.42. The molecule has 0 saturated carbocycles. The first-order valence-electron chi connectivity index (χ1n) is 5.34. The molecule has 2 heterocycles. The maximum atomic E-state index is 11.6. The van der Waals surface area contributed by atoms with Crippen LogP contribution in [0.5, 0.6) is 0 Å². The van der Waals surface area contributed by atoms with Crippen LogP contribution in [-0.4, -0.2) is 64.2 Å². The van der Waals surface area contributed by atoms with E-state index >= 15 is 0 Å². The first-order chi connectivity index (χ1) is 7.03. The van der Waals surface area contributed by atoms with E-state index in [1.54, 1.807) is 6.92 Å². The third-order valence-electron chi connectivity index (χ3n) is 3.19. The van der Waals surface area contributed by atoms with Crippen molar-refractivity contribution in [1.82, 2.24) is 9.80 Å². The summed E-state index contributed by atoms with van der Waals surface area (Å²) in [7, 11) is 2.12. The molecule has 2 saturated heterocycles. The Morgan fingerprint density at radius 3 is 2.73 bits per heavy atom. The van der Waals surface area contributed by atoms with E-state index in [0.717, 1.165) is 25.4 Å². The third kappa shape index (κ3) is 2.00. The van der Waals surface area contributed by atoms with Crippen molar-refractivity contribution in [3.63, 3.8) is 0 Å². The summed E-state index contributed by atoms with van der Waals surface area (Å²) in [5.74, 6) is 1.24. The summed E-state index contributed by atoms with van der Waals surface area (Å²) >= 11 is 1.95. The van der Waals surface area contributed by atoms with Gasteiger partial charge in [-0.15, -0.1) is 11.8 Å². The Morgan fingerprint density at radius 1 is 1.60 bits per heavy atom. The first-order valence-corrected chi connectivity index (χ1v) is 6.33. The fourth-order valence-electron chi connectivity index (χ4n) is 2.13. The van der Waals surface area contributed by atoms with Gasteiger partial charge >= 0.3 is 0 Å². The summed E-state index contributed by atoms with van der Waals surface area (Å²) in [5.41, 5.74) is 0. The molecule has 0 aromatic carbocycles. The SMILES string of the molecule is C[C@@H](O)CC(=O)N1CC2(C1)SCCN2C. The van der Waals surface area contributed by atoms with Crippen molar-refractivity contribution < 1.29 is 9.90 Å². The van der Waals surface area contributed by atoms with Crippen LogP contribution in [0.4, 0.5) is 0 Å². The van der Waals surface area contributed by atoms with Crippen LogP contribution in [0.3, 0.4) is 0 Å². The van der Waals surface area contributed by atoms with Crippen molar-refractivity contribution >= 4 is 17.7 Å². The number of hydrogen-bond donors (Lipinski definition) is 1.